The van der Waals surface area contributed by atoms with E-state index in [1.165, 1.54) is 26.0 Å². The summed E-state index contributed by atoms with van der Waals surface area (Å²) >= 11 is 11.7. The van der Waals surface area contributed by atoms with E-state index in [4.69, 9.17) is 32.7 Å². The van der Waals surface area contributed by atoms with E-state index in [-0.39, 0.29) is 16.6 Å². The molecule has 0 aliphatic rings. The number of amides is 1. The SMILES string of the molecule is CC(=O)c1ccccc1NC(=O)C(C)OC(=O)COc1ccc(Cl)cc1Cl. The molecule has 0 bridgehead atoms. The molecule has 1 atom stereocenters. The number of ketones is 1. The second-order valence-electron chi connectivity index (χ2n) is 5.59. The smallest absolute Gasteiger partial charge is 0.344 e. The lowest BCUT2D eigenvalue weighted by atomic mass is 10.1. The van der Waals surface area contributed by atoms with Gasteiger partial charge in [-0.25, -0.2) is 4.79 Å². The van der Waals surface area contributed by atoms with Gasteiger partial charge in [0, 0.05) is 10.6 Å². The Morgan fingerprint density at radius 3 is 2.48 bits per heavy atom. The zero-order valence-corrected chi connectivity index (χ0v) is 16.1. The summed E-state index contributed by atoms with van der Waals surface area (Å²) in [6.45, 7) is 2.38. The summed E-state index contributed by atoms with van der Waals surface area (Å²) in [5.74, 6) is -1.24. The van der Waals surface area contributed by atoms with E-state index in [0.29, 0.717) is 16.3 Å². The Bertz CT molecular complexity index is 869. The predicted octanol–water partition coefficient (Wildman–Crippen LogP) is 4.15. The Hall–Kier alpha value is -2.57. The molecule has 27 heavy (non-hydrogen) atoms. The second-order valence-corrected chi connectivity index (χ2v) is 6.43. The molecule has 0 aliphatic heterocycles. The molecule has 6 nitrogen and oxygen atoms in total. The third-order valence-electron chi connectivity index (χ3n) is 3.48. The summed E-state index contributed by atoms with van der Waals surface area (Å²) in [5.41, 5.74) is 0.715. The van der Waals surface area contributed by atoms with Gasteiger partial charge in [-0.2, -0.15) is 0 Å². The van der Waals surface area contributed by atoms with Crippen LogP contribution in [0.4, 0.5) is 5.69 Å². The first-order valence-corrected chi connectivity index (χ1v) is 8.71. The number of carbonyl (C=O) groups is 3. The number of hydrogen-bond donors (Lipinski definition) is 1. The van der Waals surface area contributed by atoms with Gasteiger partial charge in [0.05, 0.1) is 10.7 Å². The molecule has 2 aromatic carbocycles. The Morgan fingerprint density at radius 1 is 1.11 bits per heavy atom. The number of carbonyl (C=O) groups excluding carboxylic acids is 3. The lowest BCUT2D eigenvalue weighted by Crippen LogP contribution is -2.32. The van der Waals surface area contributed by atoms with Crippen molar-refractivity contribution in [1.29, 1.82) is 0 Å². The Morgan fingerprint density at radius 2 is 1.81 bits per heavy atom. The molecule has 0 fully saturated rings. The van der Waals surface area contributed by atoms with E-state index in [1.54, 1.807) is 30.3 Å². The van der Waals surface area contributed by atoms with Crippen LogP contribution in [0.3, 0.4) is 0 Å². The molecule has 1 amide bonds. The number of hydrogen-bond acceptors (Lipinski definition) is 5. The van der Waals surface area contributed by atoms with Crippen molar-refractivity contribution in [3.05, 3.63) is 58.1 Å². The summed E-state index contributed by atoms with van der Waals surface area (Å²) in [4.78, 5) is 35.7. The first-order chi connectivity index (χ1) is 12.8. The summed E-state index contributed by atoms with van der Waals surface area (Å²) in [5, 5.41) is 3.26. The van der Waals surface area contributed by atoms with E-state index < -0.39 is 24.6 Å². The zero-order valence-electron chi connectivity index (χ0n) is 14.6. The van der Waals surface area contributed by atoms with Crippen LogP contribution >= 0.6 is 23.2 Å². The highest BCUT2D eigenvalue weighted by Crippen LogP contribution is 2.27. The molecule has 0 heterocycles. The van der Waals surface area contributed by atoms with Gasteiger partial charge in [-0.3, -0.25) is 9.59 Å². The van der Waals surface area contributed by atoms with Gasteiger partial charge in [0.2, 0.25) is 0 Å². The molecule has 142 valence electrons. The molecular formula is C19H17Cl2NO5. The predicted molar refractivity (Wildman–Crippen MR) is 103 cm³/mol. The molecule has 1 unspecified atom stereocenters. The van der Waals surface area contributed by atoms with Crippen molar-refractivity contribution in [1.82, 2.24) is 0 Å². The number of nitrogens with one attached hydrogen (secondary N) is 1. The minimum atomic E-state index is -1.08. The van der Waals surface area contributed by atoms with Crippen molar-refractivity contribution in [3.8, 4) is 5.75 Å². The molecule has 2 aromatic rings. The van der Waals surface area contributed by atoms with E-state index in [2.05, 4.69) is 5.32 Å². The van der Waals surface area contributed by atoms with Crippen LogP contribution in [0.2, 0.25) is 10.0 Å². The molecule has 0 saturated carbocycles. The van der Waals surface area contributed by atoms with E-state index in [0.717, 1.165) is 0 Å². The van der Waals surface area contributed by atoms with Crippen LogP contribution in [0.15, 0.2) is 42.5 Å². The summed E-state index contributed by atoms with van der Waals surface area (Å²) < 4.78 is 10.3. The molecule has 0 radical (unpaired) electrons. The van der Waals surface area contributed by atoms with Gasteiger partial charge in [-0.15, -0.1) is 0 Å². The molecule has 1 N–H and O–H groups in total. The molecule has 2 rings (SSSR count). The molecule has 0 aliphatic carbocycles. The second kappa shape index (κ2) is 9.39. The Labute approximate surface area is 166 Å². The average Bonchev–Trinajstić information content (AvgIpc) is 2.61. The standard InChI is InChI=1S/C19H17Cl2NO5/c1-11(23)14-5-3-4-6-16(14)22-19(25)12(2)27-18(24)10-26-17-8-7-13(20)9-15(17)21/h3-9,12H,10H2,1-2H3,(H,22,25). The van der Waals surface area contributed by atoms with Gasteiger partial charge >= 0.3 is 5.97 Å². The van der Waals surface area contributed by atoms with Gasteiger partial charge in [0.15, 0.2) is 18.5 Å². The van der Waals surface area contributed by atoms with Crippen molar-refractivity contribution in [2.24, 2.45) is 0 Å². The number of benzene rings is 2. The number of anilines is 1. The van der Waals surface area contributed by atoms with Crippen molar-refractivity contribution in [3.63, 3.8) is 0 Å². The summed E-state index contributed by atoms with van der Waals surface area (Å²) in [7, 11) is 0. The van der Waals surface area contributed by atoms with Crippen molar-refractivity contribution >= 4 is 46.5 Å². The van der Waals surface area contributed by atoms with E-state index in [1.807, 2.05) is 0 Å². The van der Waals surface area contributed by atoms with Gasteiger partial charge in [0.1, 0.15) is 5.75 Å². The van der Waals surface area contributed by atoms with Crippen LogP contribution in [0, 0.1) is 0 Å². The van der Waals surface area contributed by atoms with Gasteiger partial charge in [-0.1, -0.05) is 35.3 Å². The first-order valence-electron chi connectivity index (χ1n) is 7.96. The van der Waals surface area contributed by atoms with Gasteiger partial charge < -0.3 is 14.8 Å². The highest BCUT2D eigenvalue weighted by atomic mass is 35.5. The number of rotatable bonds is 7. The minimum Gasteiger partial charge on any atom is -0.480 e. The minimum absolute atomic E-state index is 0.191. The lowest BCUT2D eigenvalue weighted by molar-refractivity contribution is -0.155. The third-order valence-corrected chi connectivity index (χ3v) is 4.01. The van der Waals surface area contributed by atoms with Gasteiger partial charge in [0.25, 0.3) is 5.91 Å². The van der Waals surface area contributed by atoms with Crippen molar-refractivity contribution < 1.29 is 23.9 Å². The maximum Gasteiger partial charge on any atom is 0.344 e. The maximum absolute atomic E-state index is 12.2. The van der Waals surface area contributed by atoms with Gasteiger partial charge in [-0.05, 0) is 44.2 Å². The van der Waals surface area contributed by atoms with Crippen molar-refractivity contribution in [2.45, 2.75) is 20.0 Å². The number of para-hydroxylation sites is 1. The molecule has 0 spiro atoms. The summed E-state index contributed by atoms with van der Waals surface area (Å²) in [6, 6.07) is 11.1. The highest BCUT2D eigenvalue weighted by Gasteiger charge is 2.20. The Kier molecular flexibility index (Phi) is 7.21. The third kappa shape index (κ3) is 5.98. The fourth-order valence-corrected chi connectivity index (χ4v) is 2.61. The number of halogens is 2. The van der Waals surface area contributed by atoms with Crippen LogP contribution < -0.4 is 10.1 Å². The normalized spacial score (nSPS) is 11.4. The highest BCUT2D eigenvalue weighted by molar-refractivity contribution is 6.35. The largest absolute Gasteiger partial charge is 0.480 e. The van der Waals surface area contributed by atoms with Crippen LogP contribution in [0.25, 0.3) is 0 Å². The average molecular weight is 410 g/mol. The number of Topliss-reactive ketones (excluding diaryl/α,β-unsaturated/α-hetero) is 1. The van der Waals surface area contributed by atoms with Crippen molar-refractivity contribution in [2.75, 3.05) is 11.9 Å². The molecule has 0 aromatic heterocycles. The monoisotopic (exact) mass is 409 g/mol. The van der Waals surface area contributed by atoms with Crippen LogP contribution in [-0.2, 0) is 14.3 Å². The number of esters is 1. The molecular weight excluding hydrogens is 393 g/mol. The van der Waals surface area contributed by atoms with Crippen LogP contribution in [0.1, 0.15) is 24.2 Å². The molecule has 8 heteroatoms. The lowest BCUT2D eigenvalue weighted by Gasteiger charge is -2.15. The van der Waals surface area contributed by atoms with Crippen LogP contribution in [0.5, 0.6) is 5.75 Å². The quantitative estimate of drug-likeness (QED) is 0.548. The first kappa shape index (κ1) is 20.7. The Balaban J connectivity index is 1.90. The fraction of sp³-hybridized carbons (Fsp3) is 0.211. The number of ether oxygens (including phenoxy) is 2. The zero-order chi connectivity index (χ0) is 20.0. The maximum atomic E-state index is 12.2. The summed E-state index contributed by atoms with van der Waals surface area (Å²) in [6.07, 6.45) is -1.08. The fourth-order valence-electron chi connectivity index (χ4n) is 2.15. The topological polar surface area (TPSA) is 81.7 Å². The van der Waals surface area contributed by atoms with Crippen LogP contribution in [-0.4, -0.2) is 30.4 Å². The van der Waals surface area contributed by atoms with E-state index >= 15 is 0 Å². The van der Waals surface area contributed by atoms with E-state index in [9.17, 15) is 14.4 Å². The molecule has 0 saturated heterocycles.